The fraction of sp³-hybridized carbons (Fsp3) is 0.273. The molecule has 7 nitrogen and oxygen atoms in total. The number of ether oxygens (including phenoxy) is 4. The molecule has 2 aromatic carbocycles. The molecule has 7 heteroatoms. The van der Waals surface area contributed by atoms with Crippen LogP contribution in [0.2, 0.25) is 0 Å². The van der Waals surface area contributed by atoms with E-state index >= 15 is 0 Å². The van der Waals surface area contributed by atoms with Gasteiger partial charge in [0.05, 0.1) is 30.8 Å². The monoisotopic (exact) mass is 393 g/mol. The van der Waals surface area contributed by atoms with Gasteiger partial charge in [0.15, 0.2) is 23.0 Å². The number of aliphatic carboxylic acids is 1. The first-order valence-corrected chi connectivity index (χ1v) is 9.45. The van der Waals surface area contributed by atoms with E-state index in [9.17, 15) is 9.90 Å². The van der Waals surface area contributed by atoms with Gasteiger partial charge in [-0.1, -0.05) is 0 Å². The van der Waals surface area contributed by atoms with Gasteiger partial charge in [-0.05, 0) is 42.3 Å². The van der Waals surface area contributed by atoms with Crippen molar-refractivity contribution in [2.45, 2.75) is 19.8 Å². The van der Waals surface area contributed by atoms with E-state index < -0.39 is 5.97 Å². The Hall–Kier alpha value is -3.48. The first-order valence-electron chi connectivity index (χ1n) is 9.45. The number of fused-ring (bicyclic) bond motifs is 3. The lowest BCUT2D eigenvalue weighted by Crippen LogP contribution is -2.06. The highest BCUT2D eigenvalue weighted by molar-refractivity contribution is 5.91. The molecule has 0 fully saturated rings. The van der Waals surface area contributed by atoms with Crippen LogP contribution in [-0.4, -0.2) is 36.1 Å². The van der Waals surface area contributed by atoms with E-state index in [-0.39, 0.29) is 13.2 Å². The van der Waals surface area contributed by atoms with Crippen LogP contribution in [0.3, 0.4) is 0 Å². The number of carboxylic acid groups (broad SMARTS) is 1. The van der Waals surface area contributed by atoms with Crippen molar-refractivity contribution in [3.8, 4) is 34.3 Å². The topological polar surface area (TPSA) is 87.1 Å². The first kappa shape index (κ1) is 17.6. The molecule has 0 atom stereocenters. The van der Waals surface area contributed by atoms with E-state index in [0.717, 1.165) is 28.5 Å². The highest BCUT2D eigenvalue weighted by atomic mass is 16.7. The number of hydrogen-bond acceptors (Lipinski definition) is 6. The number of pyridine rings is 1. The van der Waals surface area contributed by atoms with E-state index in [0.29, 0.717) is 47.5 Å². The molecule has 0 aliphatic carbocycles. The normalized spacial score (nSPS) is 14.7. The molecule has 0 spiro atoms. The predicted molar refractivity (Wildman–Crippen MR) is 105 cm³/mol. The van der Waals surface area contributed by atoms with Gasteiger partial charge in [-0.3, -0.25) is 4.79 Å². The van der Waals surface area contributed by atoms with E-state index in [1.165, 1.54) is 0 Å². The van der Waals surface area contributed by atoms with E-state index in [1.54, 1.807) is 0 Å². The van der Waals surface area contributed by atoms with Crippen molar-refractivity contribution in [2.75, 3.05) is 20.0 Å². The van der Waals surface area contributed by atoms with Crippen LogP contribution < -0.4 is 18.9 Å². The fourth-order valence-electron chi connectivity index (χ4n) is 3.77. The molecule has 5 rings (SSSR count). The van der Waals surface area contributed by atoms with Crippen molar-refractivity contribution in [3.63, 3.8) is 0 Å². The molecular weight excluding hydrogens is 374 g/mol. The molecule has 2 aliphatic heterocycles. The Morgan fingerprint density at radius 2 is 1.72 bits per heavy atom. The third-order valence-electron chi connectivity index (χ3n) is 5.21. The Balaban J connectivity index is 1.72. The summed E-state index contributed by atoms with van der Waals surface area (Å²) >= 11 is 0. The second-order valence-corrected chi connectivity index (χ2v) is 7.07. The van der Waals surface area contributed by atoms with E-state index in [4.69, 9.17) is 23.9 Å². The van der Waals surface area contributed by atoms with Crippen molar-refractivity contribution < 1.29 is 28.8 Å². The molecule has 0 bridgehead atoms. The standard InChI is InChI=1S/C22H19NO6/c1-12-14-8-19-20(29-11-28-19)10-16(14)23-22(15(12)9-21(24)25)13-3-4-17-18(7-13)27-6-2-5-26-17/h3-4,7-8,10H,2,5-6,9,11H2,1H3,(H,24,25). The maximum atomic E-state index is 11.6. The number of nitrogens with zero attached hydrogens (tertiary/aromatic N) is 1. The lowest BCUT2D eigenvalue weighted by molar-refractivity contribution is -0.136. The summed E-state index contributed by atoms with van der Waals surface area (Å²) in [7, 11) is 0. The van der Waals surface area contributed by atoms with Crippen molar-refractivity contribution in [3.05, 3.63) is 41.5 Å². The van der Waals surface area contributed by atoms with Gasteiger partial charge in [0, 0.05) is 23.4 Å². The van der Waals surface area contributed by atoms with Gasteiger partial charge < -0.3 is 24.1 Å². The quantitative estimate of drug-likeness (QED) is 0.725. The van der Waals surface area contributed by atoms with Crippen molar-refractivity contribution in [1.29, 1.82) is 0 Å². The summed E-state index contributed by atoms with van der Waals surface area (Å²) in [6.45, 7) is 3.27. The number of aryl methyl sites for hydroxylation is 1. The van der Waals surface area contributed by atoms with Crippen LogP contribution in [0.25, 0.3) is 22.2 Å². The minimum Gasteiger partial charge on any atom is -0.490 e. The van der Waals surface area contributed by atoms with Crippen LogP contribution in [0.15, 0.2) is 30.3 Å². The maximum absolute atomic E-state index is 11.6. The summed E-state index contributed by atoms with van der Waals surface area (Å²) < 4.78 is 22.5. The zero-order valence-corrected chi connectivity index (χ0v) is 15.9. The lowest BCUT2D eigenvalue weighted by Gasteiger charge is -2.16. The lowest BCUT2D eigenvalue weighted by atomic mass is 9.95. The van der Waals surface area contributed by atoms with Crippen LogP contribution in [0.4, 0.5) is 0 Å². The highest BCUT2D eigenvalue weighted by Gasteiger charge is 2.22. The number of rotatable bonds is 3. The fourth-order valence-corrected chi connectivity index (χ4v) is 3.77. The van der Waals surface area contributed by atoms with Crippen LogP contribution in [-0.2, 0) is 11.2 Å². The third-order valence-corrected chi connectivity index (χ3v) is 5.21. The second kappa shape index (κ2) is 6.84. The Morgan fingerprint density at radius 3 is 2.52 bits per heavy atom. The molecular formula is C22H19NO6. The van der Waals surface area contributed by atoms with Gasteiger partial charge in [0.25, 0.3) is 0 Å². The Morgan fingerprint density at radius 1 is 1.00 bits per heavy atom. The summed E-state index contributed by atoms with van der Waals surface area (Å²) in [5.41, 5.74) is 3.65. The van der Waals surface area contributed by atoms with Gasteiger partial charge in [0.1, 0.15) is 0 Å². The van der Waals surface area contributed by atoms with Gasteiger partial charge in [-0.25, -0.2) is 4.98 Å². The zero-order chi connectivity index (χ0) is 20.0. The predicted octanol–water partition coefficient (Wildman–Crippen LogP) is 3.73. The smallest absolute Gasteiger partial charge is 0.307 e. The van der Waals surface area contributed by atoms with Gasteiger partial charge in [-0.2, -0.15) is 0 Å². The Labute approximate surface area is 166 Å². The average molecular weight is 393 g/mol. The molecule has 2 aliphatic rings. The Kier molecular flexibility index (Phi) is 4.16. The summed E-state index contributed by atoms with van der Waals surface area (Å²) in [5.74, 6) is 1.70. The minimum atomic E-state index is -0.911. The van der Waals surface area contributed by atoms with E-state index in [1.807, 2.05) is 37.3 Å². The van der Waals surface area contributed by atoms with Crippen LogP contribution in [0, 0.1) is 6.92 Å². The maximum Gasteiger partial charge on any atom is 0.307 e. The SMILES string of the molecule is Cc1c(CC(=O)O)c(-c2ccc3c(c2)OCCCO3)nc2cc3c(cc12)OCO3. The third kappa shape index (κ3) is 3.08. The molecule has 3 aromatic rings. The number of benzene rings is 2. The summed E-state index contributed by atoms with van der Waals surface area (Å²) in [6, 6.07) is 9.30. The number of aromatic nitrogens is 1. The average Bonchev–Trinajstić information content (AvgIpc) is 3.03. The van der Waals surface area contributed by atoms with Crippen molar-refractivity contribution in [1.82, 2.24) is 4.98 Å². The van der Waals surface area contributed by atoms with Crippen LogP contribution >= 0.6 is 0 Å². The highest BCUT2D eigenvalue weighted by Crippen LogP contribution is 2.40. The van der Waals surface area contributed by atoms with E-state index in [2.05, 4.69) is 0 Å². The zero-order valence-electron chi connectivity index (χ0n) is 15.9. The molecule has 29 heavy (non-hydrogen) atoms. The first-order chi connectivity index (χ1) is 14.1. The number of carbonyl (C=O) groups is 1. The molecule has 1 N–H and O–H groups in total. The summed E-state index contributed by atoms with van der Waals surface area (Å²) in [5, 5.41) is 10.4. The number of hydrogen-bond donors (Lipinski definition) is 1. The van der Waals surface area contributed by atoms with Crippen LogP contribution in [0.5, 0.6) is 23.0 Å². The largest absolute Gasteiger partial charge is 0.490 e. The van der Waals surface area contributed by atoms with Crippen LogP contribution in [0.1, 0.15) is 17.5 Å². The summed E-state index contributed by atoms with van der Waals surface area (Å²) in [4.78, 5) is 16.4. The Bertz CT molecular complexity index is 1140. The molecule has 0 amide bonds. The molecule has 0 saturated carbocycles. The second-order valence-electron chi connectivity index (χ2n) is 7.07. The van der Waals surface area contributed by atoms with Gasteiger partial charge in [-0.15, -0.1) is 0 Å². The van der Waals surface area contributed by atoms with Gasteiger partial charge in [0.2, 0.25) is 6.79 Å². The molecule has 1 aromatic heterocycles. The van der Waals surface area contributed by atoms with Crippen molar-refractivity contribution >= 4 is 16.9 Å². The molecule has 3 heterocycles. The van der Waals surface area contributed by atoms with Crippen molar-refractivity contribution in [2.24, 2.45) is 0 Å². The minimum absolute atomic E-state index is 0.132. The summed E-state index contributed by atoms with van der Waals surface area (Å²) in [6.07, 6.45) is 0.682. The molecule has 0 radical (unpaired) electrons. The molecule has 0 unspecified atom stereocenters. The molecule has 148 valence electrons. The number of carboxylic acids is 1. The molecule has 0 saturated heterocycles. The van der Waals surface area contributed by atoms with Gasteiger partial charge >= 0.3 is 5.97 Å².